The summed E-state index contributed by atoms with van der Waals surface area (Å²) < 4.78 is 2.37. The normalized spacial score (nSPS) is 12.0. The van der Waals surface area contributed by atoms with E-state index in [4.69, 9.17) is 4.98 Å². The second-order valence-electron chi connectivity index (χ2n) is 14.7. The van der Waals surface area contributed by atoms with Crippen LogP contribution in [0.1, 0.15) is 0 Å². The van der Waals surface area contributed by atoms with Crippen molar-refractivity contribution >= 4 is 21.8 Å². The third kappa shape index (κ3) is 4.46. The Kier molecular flexibility index (Phi) is 6.37. The Morgan fingerprint density at radius 1 is 0.309 bits per heavy atom. The van der Waals surface area contributed by atoms with Gasteiger partial charge in [0.1, 0.15) is 5.82 Å². The Balaban J connectivity index is 0.954. The summed E-state index contributed by atoms with van der Waals surface area (Å²) in [4.78, 5) is 5.32. The lowest BCUT2D eigenvalue weighted by molar-refractivity contribution is 1.11. The molecule has 9 aromatic carbocycles. The molecule has 0 unspecified atom stereocenters. The van der Waals surface area contributed by atoms with Gasteiger partial charge in [0.2, 0.25) is 0 Å². The lowest BCUT2D eigenvalue weighted by Gasteiger charge is -2.14. The number of hydrogen-bond donors (Lipinski definition) is 0. The number of para-hydroxylation sites is 2. The second kappa shape index (κ2) is 11.6. The van der Waals surface area contributed by atoms with E-state index < -0.39 is 0 Å². The number of rotatable bonds is 4. The van der Waals surface area contributed by atoms with E-state index >= 15 is 0 Å². The quantitative estimate of drug-likeness (QED) is 0.179. The molecule has 0 atom stereocenters. The number of hydrogen-bond acceptors (Lipinski definition) is 1. The zero-order valence-electron chi connectivity index (χ0n) is 29.9. The van der Waals surface area contributed by atoms with Crippen LogP contribution in [0.2, 0.25) is 0 Å². The van der Waals surface area contributed by atoms with E-state index in [1.54, 1.807) is 0 Å². The molecular weight excluding hydrogens is 665 g/mol. The summed E-state index contributed by atoms with van der Waals surface area (Å²) >= 11 is 0. The molecule has 12 rings (SSSR count). The van der Waals surface area contributed by atoms with E-state index in [1.807, 2.05) is 0 Å². The Morgan fingerprint density at radius 2 is 0.764 bits per heavy atom. The summed E-state index contributed by atoms with van der Waals surface area (Å²) in [6.45, 7) is 0. The number of fused-ring (bicyclic) bond motifs is 8. The summed E-state index contributed by atoms with van der Waals surface area (Å²) in [6.07, 6.45) is 0. The monoisotopic (exact) mass is 696 g/mol. The molecule has 0 bridgehead atoms. The van der Waals surface area contributed by atoms with Crippen LogP contribution in [0.15, 0.2) is 194 Å². The lowest BCUT2D eigenvalue weighted by Crippen LogP contribution is -1.99. The summed E-state index contributed by atoms with van der Waals surface area (Å²) in [5, 5.41) is 2.65. The van der Waals surface area contributed by atoms with Crippen molar-refractivity contribution in [2.24, 2.45) is 0 Å². The van der Waals surface area contributed by atoms with E-state index in [9.17, 15) is 0 Å². The van der Waals surface area contributed by atoms with Gasteiger partial charge in [-0.3, -0.25) is 4.57 Å². The molecule has 55 heavy (non-hydrogen) atoms. The predicted molar refractivity (Wildman–Crippen MR) is 229 cm³/mol. The van der Waals surface area contributed by atoms with E-state index in [-0.39, 0.29) is 0 Å². The van der Waals surface area contributed by atoms with E-state index in [0.717, 1.165) is 33.7 Å². The molecule has 2 nitrogen and oxygen atoms in total. The molecule has 2 heterocycles. The minimum Gasteiger partial charge on any atom is -0.291 e. The standard InChI is InChI=1S/C53H32N2/c1-4-21-43-40(18-1)44-22-5-6-27-50(44)55-52-48(43)25-11-26-49(52)54-53(55)38-17-9-15-36(32-38)34-13-7-12-33(30-34)35-14-8-16-37(31-35)39-28-29-47-42-20-3-2-19-41(42)46-24-10-23-45(39)51(46)47/h1-32H. The van der Waals surface area contributed by atoms with Gasteiger partial charge in [0, 0.05) is 16.7 Å². The average molecular weight is 697 g/mol. The van der Waals surface area contributed by atoms with Crippen molar-refractivity contribution in [2.75, 3.05) is 0 Å². The molecule has 10 aromatic rings. The van der Waals surface area contributed by atoms with Gasteiger partial charge in [-0.25, -0.2) is 4.98 Å². The molecule has 0 fully saturated rings. The van der Waals surface area contributed by atoms with Crippen molar-refractivity contribution in [1.29, 1.82) is 0 Å². The van der Waals surface area contributed by atoms with Crippen molar-refractivity contribution in [1.82, 2.24) is 9.55 Å². The number of nitrogens with zero attached hydrogens (tertiary/aromatic N) is 2. The van der Waals surface area contributed by atoms with E-state index in [1.165, 1.54) is 83.1 Å². The minimum atomic E-state index is 0.946. The SMILES string of the molecule is c1cc(-c2cccc(-c3ccc4c5c(cccc35)-c3ccccc3-4)c2)cc(-c2cccc(-c3nc4cccc5c4n3-c3ccccc3-c3ccccc3-5)c2)c1. The molecule has 1 aromatic heterocycles. The van der Waals surface area contributed by atoms with Gasteiger partial charge in [0.05, 0.1) is 16.7 Å². The molecule has 0 amide bonds. The van der Waals surface area contributed by atoms with Gasteiger partial charge in [-0.2, -0.15) is 0 Å². The van der Waals surface area contributed by atoms with Crippen LogP contribution in [0.3, 0.4) is 0 Å². The minimum absolute atomic E-state index is 0.946. The van der Waals surface area contributed by atoms with Crippen LogP contribution in [-0.4, -0.2) is 9.55 Å². The molecule has 0 saturated carbocycles. The summed E-state index contributed by atoms with van der Waals surface area (Å²) in [6, 6.07) is 70.9. The van der Waals surface area contributed by atoms with Crippen molar-refractivity contribution < 1.29 is 0 Å². The Bertz CT molecular complexity index is 3190. The number of aromatic nitrogens is 2. The van der Waals surface area contributed by atoms with Crippen LogP contribution in [0, 0.1) is 0 Å². The van der Waals surface area contributed by atoms with Crippen LogP contribution >= 0.6 is 0 Å². The highest BCUT2D eigenvalue weighted by Gasteiger charge is 2.26. The van der Waals surface area contributed by atoms with Gasteiger partial charge in [-0.05, 0) is 108 Å². The van der Waals surface area contributed by atoms with E-state index in [0.29, 0.717) is 0 Å². The Hall–Kier alpha value is -7.29. The molecule has 2 aliphatic rings. The second-order valence-corrected chi connectivity index (χ2v) is 14.7. The summed E-state index contributed by atoms with van der Waals surface area (Å²) in [5.74, 6) is 0.946. The third-order valence-corrected chi connectivity index (χ3v) is 11.7. The maximum atomic E-state index is 5.32. The van der Waals surface area contributed by atoms with Crippen molar-refractivity contribution in [3.05, 3.63) is 194 Å². The van der Waals surface area contributed by atoms with Gasteiger partial charge >= 0.3 is 0 Å². The molecule has 1 aliphatic carbocycles. The summed E-state index contributed by atoms with van der Waals surface area (Å²) in [7, 11) is 0. The number of benzene rings is 9. The highest BCUT2D eigenvalue weighted by molar-refractivity contribution is 6.18. The molecule has 0 saturated heterocycles. The molecule has 0 N–H and O–H groups in total. The van der Waals surface area contributed by atoms with Crippen molar-refractivity contribution in [3.8, 4) is 95.0 Å². The first kappa shape index (κ1) is 30.2. The summed E-state index contributed by atoms with van der Waals surface area (Å²) in [5.41, 5.74) is 21.8. The van der Waals surface area contributed by atoms with Crippen molar-refractivity contribution in [3.63, 3.8) is 0 Å². The molecule has 254 valence electrons. The number of imidazole rings is 1. The fourth-order valence-corrected chi connectivity index (χ4v) is 9.26. The first-order chi connectivity index (χ1) is 27.3. The molecule has 0 spiro atoms. The topological polar surface area (TPSA) is 17.8 Å². The van der Waals surface area contributed by atoms with E-state index in [2.05, 4.69) is 199 Å². The fourth-order valence-electron chi connectivity index (χ4n) is 9.26. The largest absolute Gasteiger partial charge is 0.291 e. The molecular formula is C53H32N2. The third-order valence-electron chi connectivity index (χ3n) is 11.7. The van der Waals surface area contributed by atoms with Gasteiger partial charge in [-0.1, -0.05) is 164 Å². The lowest BCUT2D eigenvalue weighted by atomic mass is 9.92. The van der Waals surface area contributed by atoms with Crippen LogP contribution in [0.25, 0.3) is 117 Å². The first-order valence-electron chi connectivity index (χ1n) is 19.0. The van der Waals surface area contributed by atoms with Crippen LogP contribution in [0.4, 0.5) is 0 Å². The predicted octanol–water partition coefficient (Wildman–Crippen LogP) is 14.1. The highest BCUT2D eigenvalue weighted by atomic mass is 15.1. The smallest absolute Gasteiger partial charge is 0.145 e. The first-order valence-corrected chi connectivity index (χ1v) is 19.0. The zero-order chi connectivity index (χ0) is 36.0. The Labute approximate surface area is 319 Å². The van der Waals surface area contributed by atoms with Gasteiger partial charge in [0.15, 0.2) is 0 Å². The highest BCUT2D eigenvalue weighted by Crippen LogP contribution is 2.50. The average Bonchev–Trinajstić information content (AvgIpc) is 3.77. The molecule has 1 aliphatic heterocycles. The van der Waals surface area contributed by atoms with Gasteiger partial charge in [-0.15, -0.1) is 0 Å². The van der Waals surface area contributed by atoms with Crippen molar-refractivity contribution in [2.45, 2.75) is 0 Å². The zero-order valence-corrected chi connectivity index (χ0v) is 29.9. The fraction of sp³-hybridized carbons (Fsp3) is 0. The van der Waals surface area contributed by atoms with Gasteiger partial charge < -0.3 is 0 Å². The van der Waals surface area contributed by atoms with Crippen LogP contribution < -0.4 is 0 Å². The molecule has 2 heteroatoms. The van der Waals surface area contributed by atoms with Crippen LogP contribution in [-0.2, 0) is 0 Å². The molecule has 0 radical (unpaired) electrons. The maximum Gasteiger partial charge on any atom is 0.145 e. The van der Waals surface area contributed by atoms with Gasteiger partial charge in [0.25, 0.3) is 0 Å². The van der Waals surface area contributed by atoms with Crippen LogP contribution in [0.5, 0.6) is 0 Å². The maximum absolute atomic E-state index is 5.32. The Morgan fingerprint density at radius 3 is 1.47 bits per heavy atom.